The van der Waals surface area contributed by atoms with E-state index in [0.29, 0.717) is 13.2 Å². The van der Waals surface area contributed by atoms with Crippen molar-refractivity contribution in [1.82, 2.24) is 9.78 Å². The Balaban J connectivity index is 1.93. The Morgan fingerprint density at radius 3 is 2.59 bits per heavy atom. The van der Waals surface area contributed by atoms with E-state index < -0.39 is 0 Å². The van der Waals surface area contributed by atoms with Crippen molar-refractivity contribution in [3.05, 3.63) is 18.0 Å². The molecule has 96 valence electrons. The summed E-state index contributed by atoms with van der Waals surface area (Å²) in [6, 6.07) is 0. The topological polar surface area (TPSA) is 53.1 Å². The van der Waals surface area contributed by atoms with Gasteiger partial charge in [-0.05, 0) is 12.8 Å². The molecule has 0 aliphatic heterocycles. The van der Waals surface area contributed by atoms with Gasteiger partial charge >= 0.3 is 0 Å². The minimum atomic E-state index is -0.0909. The van der Waals surface area contributed by atoms with Gasteiger partial charge in [0.15, 0.2) is 0 Å². The summed E-state index contributed by atoms with van der Waals surface area (Å²) in [7, 11) is 1.92. The lowest BCUT2D eigenvalue weighted by Crippen LogP contribution is -2.40. The quantitative estimate of drug-likeness (QED) is 0.815. The van der Waals surface area contributed by atoms with E-state index in [1.54, 1.807) is 4.68 Å². The average molecular weight is 237 g/mol. The summed E-state index contributed by atoms with van der Waals surface area (Å²) < 4.78 is 7.93. The van der Waals surface area contributed by atoms with Crippen molar-refractivity contribution < 1.29 is 4.74 Å². The summed E-state index contributed by atoms with van der Waals surface area (Å²) in [4.78, 5) is 0. The van der Waals surface area contributed by atoms with Crippen molar-refractivity contribution in [2.45, 2.75) is 50.7 Å². The standard InChI is InChI=1S/C13H23N3O/c1-16-9-12(8-15-16)10-17-13(11-14)6-4-2-3-5-7-13/h8-9H,2-7,10-11,14H2,1H3. The van der Waals surface area contributed by atoms with Gasteiger partial charge in [-0.15, -0.1) is 0 Å². The van der Waals surface area contributed by atoms with Crippen LogP contribution >= 0.6 is 0 Å². The third-order valence-electron chi connectivity index (χ3n) is 3.69. The summed E-state index contributed by atoms with van der Waals surface area (Å²) in [5, 5.41) is 4.15. The molecule has 0 atom stereocenters. The molecule has 1 aliphatic carbocycles. The van der Waals surface area contributed by atoms with Crippen LogP contribution in [0.3, 0.4) is 0 Å². The van der Waals surface area contributed by atoms with E-state index in [0.717, 1.165) is 18.4 Å². The fraction of sp³-hybridized carbons (Fsp3) is 0.769. The van der Waals surface area contributed by atoms with Gasteiger partial charge in [0.2, 0.25) is 0 Å². The minimum absolute atomic E-state index is 0.0909. The van der Waals surface area contributed by atoms with Gasteiger partial charge in [-0.1, -0.05) is 25.7 Å². The second-order valence-corrected chi connectivity index (χ2v) is 5.11. The Bertz CT molecular complexity index is 340. The van der Waals surface area contributed by atoms with Crippen LogP contribution in [0.25, 0.3) is 0 Å². The molecule has 17 heavy (non-hydrogen) atoms. The predicted octanol–water partition coefficient (Wildman–Crippen LogP) is 1.99. The molecule has 4 nitrogen and oxygen atoms in total. The van der Waals surface area contributed by atoms with Crippen LogP contribution in [-0.2, 0) is 18.4 Å². The molecule has 1 aromatic rings. The Kier molecular flexibility index (Phi) is 4.18. The summed E-state index contributed by atoms with van der Waals surface area (Å²) in [5.41, 5.74) is 6.97. The van der Waals surface area contributed by atoms with Crippen LogP contribution in [0.4, 0.5) is 0 Å². The van der Waals surface area contributed by atoms with Crippen molar-refractivity contribution in [3.8, 4) is 0 Å². The molecule has 1 heterocycles. The molecule has 0 amide bonds. The van der Waals surface area contributed by atoms with Crippen LogP contribution in [-0.4, -0.2) is 21.9 Å². The molecule has 0 aromatic carbocycles. The molecule has 0 radical (unpaired) electrons. The largest absolute Gasteiger partial charge is 0.369 e. The molecule has 1 fully saturated rings. The van der Waals surface area contributed by atoms with Gasteiger partial charge in [-0.25, -0.2) is 0 Å². The number of ether oxygens (including phenoxy) is 1. The van der Waals surface area contributed by atoms with Crippen LogP contribution in [0, 0.1) is 0 Å². The highest BCUT2D eigenvalue weighted by Crippen LogP contribution is 2.30. The monoisotopic (exact) mass is 237 g/mol. The molecule has 1 aliphatic rings. The van der Waals surface area contributed by atoms with Crippen LogP contribution in [0.5, 0.6) is 0 Å². The summed E-state index contributed by atoms with van der Waals surface area (Å²) in [5.74, 6) is 0. The lowest BCUT2D eigenvalue weighted by molar-refractivity contribution is -0.0602. The van der Waals surface area contributed by atoms with E-state index in [1.807, 2.05) is 19.4 Å². The number of nitrogens with two attached hydrogens (primary N) is 1. The normalized spacial score (nSPS) is 20.1. The Hall–Kier alpha value is -0.870. The smallest absolute Gasteiger partial charge is 0.0808 e. The van der Waals surface area contributed by atoms with Crippen LogP contribution in [0.1, 0.15) is 44.1 Å². The van der Waals surface area contributed by atoms with Gasteiger partial charge in [0, 0.05) is 25.4 Å². The molecule has 2 rings (SSSR count). The number of hydrogen-bond donors (Lipinski definition) is 1. The fourth-order valence-electron chi connectivity index (χ4n) is 2.56. The summed E-state index contributed by atoms with van der Waals surface area (Å²) >= 11 is 0. The van der Waals surface area contributed by atoms with E-state index in [1.165, 1.54) is 25.7 Å². The highest BCUT2D eigenvalue weighted by atomic mass is 16.5. The lowest BCUT2D eigenvalue weighted by atomic mass is 9.94. The predicted molar refractivity (Wildman–Crippen MR) is 67.5 cm³/mol. The zero-order chi connectivity index (χ0) is 12.1. The lowest BCUT2D eigenvalue weighted by Gasteiger charge is -2.31. The second-order valence-electron chi connectivity index (χ2n) is 5.11. The summed E-state index contributed by atoms with van der Waals surface area (Å²) in [6.07, 6.45) is 11.2. The van der Waals surface area contributed by atoms with E-state index in [-0.39, 0.29) is 5.60 Å². The van der Waals surface area contributed by atoms with E-state index >= 15 is 0 Å². The van der Waals surface area contributed by atoms with Crippen molar-refractivity contribution in [3.63, 3.8) is 0 Å². The van der Waals surface area contributed by atoms with Crippen molar-refractivity contribution in [2.24, 2.45) is 12.8 Å². The molecular formula is C13H23N3O. The molecule has 1 saturated carbocycles. The number of hydrogen-bond acceptors (Lipinski definition) is 3. The zero-order valence-electron chi connectivity index (χ0n) is 10.7. The van der Waals surface area contributed by atoms with Crippen molar-refractivity contribution in [2.75, 3.05) is 6.54 Å². The second kappa shape index (κ2) is 5.65. The number of rotatable bonds is 4. The van der Waals surface area contributed by atoms with Gasteiger partial charge in [-0.3, -0.25) is 4.68 Å². The van der Waals surface area contributed by atoms with Crippen molar-refractivity contribution in [1.29, 1.82) is 0 Å². The first-order valence-corrected chi connectivity index (χ1v) is 6.56. The van der Waals surface area contributed by atoms with Crippen LogP contribution < -0.4 is 5.73 Å². The third kappa shape index (κ3) is 3.30. The fourth-order valence-corrected chi connectivity index (χ4v) is 2.56. The molecular weight excluding hydrogens is 214 g/mol. The summed E-state index contributed by atoms with van der Waals surface area (Å²) in [6.45, 7) is 1.26. The number of aryl methyl sites for hydroxylation is 1. The van der Waals surface area contributed by atoms with E-state index in [4.69, 9.17) is 10.5 Å². The Morgan fingerprint density at radius 1 is 1.35 bits per heavy atom. The van der Waals surface area contributed by atoms with E-state index in [9.17, 15) is 0 Å². The molecule has 0 unspecified atom stereocenters. The maximum atomic E-state index is 6.12. The van der Waals surface area contributed by atoms with Gasteiger partial charge in [0.25, 0.3) is 0 Å². The zero-order valence-corrected chi connectivity index (χ0v) is 10.7. The Morgan fingerprint density at radius 2 is 2.06 bits per heavy atom. The molecule has 1 aromatic heterocycles. The van der Waals surface area contributed by atoms with Gasteiger partial charge in [0.05, 0.1) is 18.4 Å². The molecule has 0 spiro atoms. The van der Waals surface area contributed by atoms with E-state index in [2.05, 4.69) is 5.10 Å². The maximum absolute atomic E-state index is 6.12. The highest BCUT2D eigenvalue weighted by Gasteiger charge is 2.30. The molecule has 4 heteroatoms. The van der Waals surface area contributed by atoms with Gasteiger partial charge in [-0.2, -0.15) is 5.10 Å². The first-order chi connectivity index (χ1) is 8.24. The Labute approximate surface area is 103 Å². The van der Waals surface area contributed by atoms with Gasteiger partial charge < -0.3 is 10.5 Å². The number of nitrogens with zero attached hydrogens (tertiary/aromatic N) is 2. The van der Waals surface area contributed by atoms with Crippen LogP contribution in [0.2, 0.25) is 0 Å². The maximum Gasteiger partial charge on any atom is 0.0808 e. The van der Waals surface area contributed by atoms with Crippen molar-refractivity contribution >= 4 is 0 Å². The molecule has 0 bridgehead atoms. The first-order valence-electron chi connectivity index (χ1n) is 6.56. The average Bonchev–Trinajstić information content (AvgIpc) is 2.63. The van der Waals surface area contributed by atoms with Gasteiger partial charge in [0.1, 0.15) is 0 Å². The highest BCUT2D eigenvalue weighted by molar-refractivity contribution is 5.02. The molecule has 2 N–H and O–H groups in total. The third-order valence-corrected chi connectivity index (χ3v) is 3.69. The number of aromatic nitrogens is 2. The van der Waals surface area contributed by atoms with Crippen LogP contribution in [0.15, 0.2) is 12.4 Å². The first kappa shape index (κ1) is 12.6. The minimum Gasteiger partial charge on any atom is -0.369 e. The SMILES string of the molecule is Cn1cc(COC2(CN)CCCCCC2)cn1. The molecule has 0 saturated heterocycles.